The normalized spacial score (nSPS) is 21.3. The molecule has 1 aliphatic heterocycles. The molecule has 1 unspecified atom stereocenters. The summed E-state index contributed by atoms with van der Waals surface area (Å²) in [6.07, 6.45) is 0. The van der Waals surface area contributed by atoms with Crippen molar-refractivity contribution in [2.24, 2.45) is 11.8 Å². The molecule has 0 spiro atoms. The molecular weight excluding hydrogens is 328 g/mol. The van der Waals surface area contributed by atoms with E-state index in [1.54, 1.807) is 0 Å². The topological polar surface area (TPSA) is 69.6 Å². The average Bonchev–Trinajstić information content (AvgIpc) is 3.04. The Hall–Kier alpha value is -2.66. The minimum Gasteiger partial charge on any atom is -0.481 e. The number of carbonyl (C=O) groups excluding carboxylic acids is 1. The van der Waals surface area contributed by atoms with Crippen molar-refractivity contribution >= 4 is 17.6 Å². The molecule has 0 aliphatic carbocycles. The van der Waals surface area contributed by atoms with E-state index in [-0.39, 0.29) is 17.9 Å². The van der Waals surface area contributed by atoms with E-state index in [4.69, 9.17) is 0 Å². The van der Waals surface area contributed by atoms with Crippen LogP contribution in [-0.2, 0) is 9.59 Å². The Labute approximate surface area is 153 Å². The molecule has 2 aromatic carbocycles. The monoisotopic (exact) mass is 352 g/mol. The molecule has 0 aromatic heterocycles. The Morgan fingerprint density at radius 3 is 2.38 bits per heavy atom. The van der Waals surface area contributed by atoms with Gasteiger partial charge in [-0.1, -0.05) is 55.5 Å². The third-order valence-electron chi connectivity index (χ3n) is 5.15. The number of carbonyl (C=O) groups is 2. The first-order chi connectivity index (χ1) is 12.5. The van der Waals surface area contributed by atoms with Gasteiger partial charge in [-0.25, -0.2) is 0 Å². The Morgan fingerprint density at radius 1 is 1.08 bits per heavy atom. The van der Waals surface area contributed by atoms with E-state index in [9.17, 15) is 14.7 Å². The molecule has 136 valence electrons. The number of hydrogen-bond acceptors (Lipinski definition) is 3. The highest BCUT2D eigenvalue weighted by Gasteiger charge is 2.38. The van der Waals surface area contributed by atoms with Crippen molar-refractivity contribution in [3.63, 3.8) is 0 Å². The maximum atomic E-state index is 12.8. The predicted molar refractivity (Wildman–Crippen MR) is 102 cm³/mol. The van der Waals surface area contributed by atoms with E-state index in [0.29, 0.717) is 13.1 Å². The van der Waals surface area contributed by atoms with Gasteiger partial charge in [0.05, 0.1) is 12.0 Å². The summed E-state index contributed by atoms with van der Waals surface area (Å²) < 4.78 is 0. The summed E-state index contributed by atoms with van der Waals surface area (Å²) in [5.41, 5.74) is 2.77. The van der Waals surface area contributed by atoms with Crippen LogP contribution in [-0.4, -0.2) is 41.0 Å². The van der Waals surface area contributed by atoms with E-state index in [1.165, 1.54) is 0 Å². The zero-order valence-electron chi connectivity index (χ0n) is 15.1. The molecule has 1 amide bonds. The first kappa shape index (κ1) is 18.1. The van der Waals surface area contributed by atoms with Crippen molar-refractivity contribution in [2.45, 2.75) is 19.9 Å². The van der Waals surface area contributed by atoms with Crippen molar-refractivity contribution in [1.29, 1.82) is 0 Å². The molecule has 1 aliphatic rings. The maximum absolute atomic E-state index is 12.8. The number of carboxylic acids is 1. The van der Waals surface area contributed by atoms with E-state index in [1.807, 2.05) is 73.3 Å². The van der Waals surface area contributed by atoms with Crippen LogP contribution in [0.1, 0.15) is 13.8 Å². The first-order valence-corrected chi connectivity index (χ1v) is 8.89. The molecule has 2 aromatic rings. The van der Waals surface area contributed by atoms with Crippen LogP contribution in [0, 0.1) is 11.8 Å². The van der Waals surface area contributed by atoms with Gasteiger partial charge in [0.15, 0.2) is 0 Å². The van der Waals surface area contributed by atoms with Crippen LogP contribution in [0.4, 0.5) is 5.69 Å². The number of benzene rings is 2. The summed E-state index contributed by atoms with van der Waals surface area (Å²) in [6.45, 7) is 4.78. The second-order valence-electron chi connectivity index (χ2n) is 6.95. The zero-order valence-corrected chi connectivity index (χ0v) is 15.1. The summed E-state index contributed by atoms with van der Waals surface area (Å²) in [4.78, 5) is 26.0. The van der Waals surface area contributed by atoms with Crippen LogP contribution >= 0.6 is 0 Å². The summed E-state index contributed by atoms with van der Waals surface area (Å²) >= 11 is 0. The number of carboxylic acid groups (broad SMARTS) is 1. The number of nitrogens with zero attached hydrogens (tertiary/aromatic N) is 1. The van der Waals surface area contributed by atoms with Crippen LogP contribution in [0.2, 0.25) is 0 Å². The van der Waals surface area contributed by atoms with E-state index < -0.39 is 11.9 Å². The Balaban J connectivity index is 1.74. The van der Waals surface area contributed by atoms with Gasteiger partial charge in [-0.05, 0) is 24.5 Å². The minimum atomic E-state index is -0.790. The van der Waals surface area contributed by atoms with Crippen LogP contribution < -0.4 is 5.32 Å². The zero-order chi connectivity index (χ0) is 18.7. The van der Waals surface area contributed by atoms with Crippen LogP contribution in [0.15, 0.2) is 54.6 Å². The molecule has 0 bridgehead atoms. The lowest BCUT2D eigenvalue weighted by molar-refractivity contribution is -0.142. The van der Waals surface area contributed by atoms with Crippen LogP contribution in [0.25, 0.3) is 11.1 Å². The predicted octanol–water partition coefficient (Wildman–Crippen LogP) is 3.33. The third kappa shape index (κ3) is 3.78. The van der Waals surface area contributed by atoms with Crippen molar-refractivity contribution in [2.75, 3.05) is 18.4 Å². The van der Waals surface area contributed by atoms with Gasteiger partial charge in [-0.3, -0.25) is 14.5 Å². The van der Waals surface area contributed by atoms with Crippen molar-refractivity contribution in [3.05, 3.63) is 54.6 Å². The SMILES string of the molecule is CC(C(=O)Nc1ccccc1-c1ccccc1)N1C[C@@H](C)[C@H](C(=O)O)C1. The Kier molecular flexibility index (Phi) is 5.38. The molecule has 1 fully saturated rings. The second kappa shape index (κ2) is 7.70. The van der Waals surface area contributed by atoms with Crippen molar-refractivity contribution in [3.8, 4) is 11.1 Å². The maximum Gasteiger partial charge on any atom is 0.308 e. The lowest BCUT2D eigenvalue weighted by Gasteiger charge is -2.24. The summed E-state index contributed by atoms with van der Waals surface area (Å²) in [5, 5.41) is 12.3. The molecule has 26 heavy (non-hydrogen) atoms. The van der Waals surface area contributed by atoms with Gasteiger partial charge in [0, 0.05) is 24.3 Å². The van der Waals surface area contributed by atoms with Gasteiger partial charge >= 0.3 is 5.97 Å². The number of likely N-dealkylation sites (tertiary alicyclic amines) is 1. The molecule has 1 saturated heterocycles. The average molecular weight is 352 g/mol. The third-order valence-corrected chi connectivity index (χ3v) is 5.15. The van der Waals surface area contributed by atoms with Crippen LogP contribution in [0.3, 0.4) is 0 Å². The Morgan fingerprint density at radius 2 is 1.73 bits per heavy atom. The number of hydrogen-bond donors (Lipinski definition) is 2. The van der Waals surface area contributed by atoms with Crippen LogP contribution in [0.5, 0.6) is 0 Å². The number of nitrogens with one attached hydrogen (secondary N) is 1. The standard InChI is InChI=1S/C21H24N2O3/c1-14-12-23(13-18(14)21(25)26)15(2)20(24)22-19-11-7-6-10-17(19)16-8-4-3-5-9-16/h3-11,14-15,18H,12-13H2,1-2H3,(H,22,24)(H,25,26)/t14-,15?,18-/m1/s1. The number of anilines is 1. The highest BCUT2D eigenvalue weighted by Crippen LogP contribution is 2.29. The van der Waals surface area contributed by atoms with Gasteiger partial charge in [0.2, 0.25) is 5.91 Å². The Bertz CT molecular complexity index is 791. The van der Waals surface area contributed by atoms with Crippen molar-refractivity contribution in [1.82, 2.24) is 4.90 Å². The number of rotatable bonds is 5. The molecule has 5 nitrogen and oxygen atoms in total. The van der Waals surface area contributed by atoms with E-state index >= 15 is 0 Å². The molecule has 5 heteroatoms. The largest absolute Gasteiger partial charge is 0.481 e. The highest BCUT2D eigenvalue weighted by atomic mass is 16.4. The van der Waals surface area contributed by atoms with Crippen molar-refractivity contribution < 1.29 is 14.7 Å². The second-order valence-corrected chi connectivity index (χ2v) is 6.95. The van der Waals surface area contributed by atoms with Gasteiger partial charge in [0.1, 0.15) is 0 Å². The van der Waals surface area contributed by atoms with Gasteiger partial charge in [-0.2, -0.15) is 0 Å². The van der Waals surface area contributed by atoms with E-state index in [0.717, 1.165) is 16.8 Å². The fourth-order valence-electron chi connectivity index (χ4n) is 3.51. The fraction of sp³-hybridized carbons (Fsp3) is 0.333. The summed E-state index contributed by atoms with van der Waals surface area (Å²) in [6, 6.07) is 17.2. The number of aliphatic carboxylic acids is 1. The van der Waals surface area contributed by atoms with Gasteiger partial charge in [-0.15, -0.1) is 0 Å². The van der Waals surface area contributed by atoms with Gasteiger partial charge < -0.3 is 10.4 Å². The summed E-state index contributed by atoms with van der Waals surface area (Å²) in [5.74, 6) is -1.28. The molecular formula is C21H24N2O3. The lowest BCUT2D eigenvalue weighted by Crippen LogP contribution is -2.41. The summed E-state index contributed by atoms with van der Waals surface area (Å²) in [7, 11) is 0. The number of amides is 1. The molecule has 0 radical (unpaired) electrons. The molecule has 1 heterocycles. The molecule has 3 rings (SSSR count). The smallest absolute Gasteiger partial charge is 0.308 e. The minimum absolute atomic E-state index is 0.0411. The highest BCUT2D eigenvalue weighted by molar-refractivity contribution is 5.98. The number of para-hydroxylation sites is 1. The van der Waals surface area contributed by atoms with E-state index in [2.05, 4.69) is 5.32 Å². The fourth-order valence-corrected chi connectivity index (χ4v) is 3.51. The first-order valence-electron chi connectivity index (χ1n) is 8.89. The quantitative estimate of drug-likeness (QED) is 0.866. The molecule has 3 atom stereocenters. The lowest BCUT2D eigenvalue weighted by atomic mass is 9.99. The van der Waals surface area contributed by atoms with Gasteiger partial charge in [0.25, 0.3) is 0 Å². The molecule has 2 N–H and O–H groups in total. The molecule has 0 saturated carbocycles.